The Morgan fingerprint density at radius 2 is 2.07 bits per heavy atom. The minimum absolute atomic E-state index is 0.262. The lowest BCUT2D eigenvalue weighted by molar-refractivity contribution is 0.535. The monoisotopic (exact) mass is 366 g/mol. The molecule has 2 aromatic heterocycles. The van der Waals surface area contributed by atoms with E-state index in [0.29, 0.717) is 12.4 Å². The molecule has 1 aliphatic heterocycles. The predicted octanol–water partition coefficient (Wildman–Crippen LogP) is 0.628. The summed E-state index contributed by atoms with van der Waals surface area (Å²) in [6.07, 6.45) is 4.69. The maximum atomic E-state index is 11.8. The number of rotatable bonds is 5. The Bertz CT molecular complexity index is 1000. The molecule has 0 spiro atoms. The minimum Gasteiger partial charge on any atom is -0.356 e. The summed E-state index contributed by atoms with van der Waals surface area (Å²) < 4.78 is 3.14. The number of nitrogens with one attached hydrogen (secondary N) is 2. The van der Waals surface area contributed by atoms with Gasteiger partial charge in [-0.3, -0.25) is 14.3 Å². The third-order valence-corrected chi connectivity index (χ3v) is 4.96. The fraction of sp³-hybridized carbons (Fsp3) is 0.316. The molecule has 3 aromatic rings. The molecule has 1 aromatic carbocycles. The van der Waals surface area contributed by atoms with Crippen LogP contribution in [0.5, 0.6) is 0 Å². The molecule has 0 saturated carbocycles. The molecule has 140 valence electrons. The van der Waals surface area contributed by atoms with Gasteiger partial charge in [0.2, 0.25) is 0 Å². The third kappa shape index (κ3) is 3.56. The number of aromatic amines is 1. The highest BCUT2D eigenvalue weighted by Crippen LogP contribution is 2.16. The molecule has 2 N–H and O–H groups in total. The molecule has 0 bridgehead atoms. The minimum atomic E-state index is -0.390. The van der Waals surface area contributed by atoms with Gasteiger partial charge in [0.05, 0.1) is 6.54 Å². The molecule has 0 aliphatic carbocycles. The van der Waals surface area contributed by atoms with E-state index in [1.807, 2.05) is 29.3 Å². The second-order valence-corrected chi connectivity index (χ2v) is 6.72. The molecular formula is C19H22N6O2. The van der Waals surface area contributed by atoms with Crippen molar-refractivity contribution in [3.63, 3.8) is 0 Å². The summed E-state index contributed by atoms with van der Waals surface area (Å²) in [5, 5.41) is 3.53. The molecule has 1 saturated heterocycles. The number of hydrogen-bond acceptors (Lipinski definition) is 5. The van der Waals surface area contributed by atoms with Crippen LogP contribution >= 0.6 is 0 Å². The van der Waals surface area contributed by atoms with E-state index in [1.165, 1.54) is 13.1 Å². The molecule has 1 aliphatic rings. The van der Waals surface area contributed by atoms with Crippen LogP contribution in [0.4, 0.5) is 5.82 Å². The van der Waals surface area contributed by atoms with Gasteiger partial charge in [-0.25, -0.2) is 9.78 Å². The molecule has 0 unspecified atom stereocenters. The van der Waals surface area contributed by atoms with Crippen LogP contribution in [0, 0.1) is 0 Å². The van der Waals surface area contributed by atoms with Crippen molar-refractivity contribution < 1.29 is 0 Å². The maximum Gasteiger partial charge on any atom is 0.329 e. The van der Waals surface area contributed by atoms with Crippen molar-refractivity contribution in [3.8, 4) is 5.69 Å². The quantitative estimate of drug-likeness (QED) is 0.691. The molecular weight excluding hydrogens is 344 g/mol. The van der Waals surface area contributed by atoms with Gasteiger partial charge >= 0.3 is 5.69 Å². The Balaban J connectivity index is 1.41. The van der Waals surface area contributed by atoms with Gasteiger partial charge in [-0.1, -0.05) is 18.2 Å². The van der Waals surface area contributed by atoms with Gasteiger partial charge < -0.3 is 14.8 Å². The highest BCUT2D eigenvalue weighted by Gasteiger charge is 2.24. The van der Waals surface area contributed by atoms with Crippen LogP contribution in [-0.4, -0.2) is 38.2 Å². The molecule has 1 atom stereocenters. The van der Waals surface area contributed by atoms with Crippen LogP contribution in [0.3, 0.4) is 0 Å². The fourth-order valence-corrected chi connectivity index (χ4v) is 3.38. The molecule has 0 amide bonds. The Labute approximate surface area is 156 Å². The van der Waals surface area contributed by atoms with Gasteiger partial charge in [0.25, 0.3) is 5.56 Å². The number of H-pyrrole nitrogens is 1. The Hall–Kier alpha value is -3.13. The van der Waals surface area contributed by atoms with Crippen molar-refractivity contribution in [1.29, 1.82) is 0 Å². The molecule has 8 nitrogen and oxygen atoms in total. The number of hydrogen-bond donors (Lipinski definition) is 2. The molecule has 3 heterocycles. The number of imidazole rings is 1. The summed E-state index contributed by atoms with van der Waals surface area (Å²) in [5.74, 6) is 1.53. The highest BCUT2D eigenvalue weighted by molar-refractivity contribution is 5.38. The number of anilines is 1. The summed E-state index contributed by atoms with van der Waals surface area (Å²) in [7, 11) is 1.47. The summed E-state index contributed by atoms with van der Waals surface area (Å²) in [5.41, 5.74) is 0.395. The largest absolute Gasteiger partial charge is 0.356 e. The summed E-state index contributed by atoms with van der Waals surface area (Å²) >= 11 is 0. The number of aromatic nitrogens is 4. The Kier molecular flexibility index (Phi) is 4.64. The van der Waals surface area contributed by atoms with Gasteiger partial charge in [-0.2, -0.15) is 0 Å². The second kappa shape index (κ2) is 7.24. The normalized spacial score (nSPS) is 16.8. The van der Waals surface area contributed by atoms with Crippen LogP contribution < -0.4 is 21.5 Å². The van der Waals surface area contributed by atoms with Crippen molar-refractivity contribution in [2.24, 2.45) is 7.05 Å². The van der Waals surface area contributed by atoms with Crippen molar-refractivity contribution in [2.75, 3.05) is 18.0 Å². The molecule has 0 radical (unpaired) electrons. The fourth-order valence-electron chi connectivity index (χ4n) is 3.38. The SMILES string of the molecule is Cn1c(=O)cc(N2CC[C@H](NCc3nccn3-c3ccccc3)C2)[nH]c1=O. The zero-order valence-corrected chi connectivity index (χ0v) is 15.1. The lowest BCUT2D eigenvalue weighted by Crippen LogP contribution is -2.37. The number of nitrogens with zero attached hydrogens (tertiary/aromatic N) is 4. The molecule has 1 fully saturated rings. The summed E-state index contributed by atoms with van der Waals surface area (Å²) in [6, 6.07) is 11.8. The first-order chi connectivity index (χ1) is 13.1. The van der Waals surface area contributed by atoms with Gasteiger partial charge in [0.15, 0.2) is 0 Å². The van der Waals surface area contributed by atoms with E-state index in [1.54, 1.807) is 6.20 Å². The zero-order chi connectivity index (χ0) is 18.8. The van der Waals surface area contributed by atoms with E-state index in [-0.39, 0.29) is 11.6 Å². The number of para-hydroxylation sites is 1. The summed E-state index contributed by atoms with van der Waals surface area (Å²) in [6.45, 7) is 2.16. The zero-order valence-electron chi connectivity index (χ0n) is 15.1. The van der Waals surface area contributed by atoms with Gasteiger partial charge in [-0.15, -0.1) is 0 Å². The van der Waals surface area contributed by atoms with Crippen molar-refractivity contribution in [3.05, 3.63) is 75.5 Å². The van der Waals surface area contributed by atoms with Gasteiger partial charge in [-0.05, 0) is 18.6 Å². The van der Waals surface area contributed by atoms with Crippen molar-refractivity contribution in [2.45, 2.75) is 19.0 Å². The first-order valence-corrected chi connectivity index (χ1v) is 8.98. The highest BCUT2D eigenvalue weighted by atomic mass is 16.2. The van der Waals surface area contributed by atoms with E-state index >= 15 is 0 Å². The first kappa shape index (κ1) is 17.3. The maximum absolute atomic E-state index is 11.8. The lowest BCUT2D eigenvalue weighted by atomic mass is 10.2. The first-order valence-electron chi connectivity index (χ1n) is 8.98. The lowest BCUT2D eigenvalue weighted by Gasteiger charge is -2.18. The molecule has 8 heteroatoms. The average molecular weight is 366 g/mol. The van der Waals surface area contributed by atoms with Crippen LogP contribution in [0.25, 0.3) is 5.69 Å². The Morgan fingerprint density at radius 1 is 1.26 bits per heavy atom. The Morgan fingerprint density at radius 3 is 2.85 bits per heavy atom. The second-order valence-electron chi connectivity index (χ2n) is 6.72. The van der Waals surface area contributed by atoms with Gasteiger partial charge in [0, 0.05) is 50.3 Å². The van der Waals surface area contributed by atoms with Crippen LogP contribution in [0.15, 0.2) is 58.4 Å². The standard InChI is InChI=1S/C19H22N6O2/c1-23-18(26)11-16(22-19(23)27)24-9-7-14(13-24)21-12-17-20-8-10-25(17)15-5-3-2-4-6-15/h2-6,8,10-11,14,21H,7,9,12-13H2,1H3,(H,22,27)/t14-/m0/s1. The molecule has 27 heavy (non-hydrogen) atoms. The van der Waals surface area contributed by atoms with E-state index in [0.717, 1.165) is 35.6 Å². The predicted molar refractivity (Wildman–Crippen MR) is 103 cm³/mol. The van der Waals surface area contributed by atoms with E-state index in [2.05, 4.69) is 32.0 Å². The number of benzene rings is 1. The van der Waals surface area contributed by atoms with E-state index in [9.17, 15) is 9.59 Å². The van der Waals surface area contributed by atoms with Crippen molar-refractivity contribution in [1.82, 2.24) is 24.4 Å². The van der Waals surface area contributed by atoms with Crippen LogP contribution in [-0.2, 0) is 13.6 Å². The van der Waals surface area contributed by atoms with Gasteiger partial charge in [0.1, 0.15) is 11.6 Å². The van der Waals surface area contributed by atoms with Crippen molar-refractivity contribution >= 4 is 5.82 Å². The third-order valence-electron chi connectivity index (χ3n) is 4.96. The van der Waals surface area contributed by atoms with E-state index < -0.39 is 5.69 Å². The summed E-state index contributed by atoms with van der Waals surface area (Å²) in [4.78, 5) is 32.9. The smallest absolute Gasteiger partial charge is 0.329 e. The average Bonchev–Trinajstić information content (AvgIpc) is 3.34. The van der Waals surface area contributed by atoms with Crippen LogP contribution in [0.1, 0.15) is 12.2 Å². The topological polar surface area (TPSA) is 87.9 Å². The van der Waals surface area contributed by atoms with E-state index in [4.69, 9.17) is 0 Å². The van der Waals surface area contributed by atoms with Crippen LogP contribution in [0.2, 0.25) is 0 Å². The molecule has 4 rings (SSSR count).